The number of rotatable bonds is 15. The number of imide groups is 2. The Morgan fingerprint density at radius 3 is 1.22 bits per heavy atom. The Balaban J connectivity index is 0.000000176. The van der Waals surface area contributed by atoms with E-state index in [-0.39, 0.29) is 69.4 Å². The summed E-state index contributed by atoms with van der Waals surface area (Å²) in [5.74, 6) is -3.60. The van der Waals surface area contributed by atoms with Crippen molar-refractivity contribution in [2.24, 2.45) is 0 Å². The standard InChI is InChI=1S/C36H30FN3O5.C31H21FN2O4/c1-3-39(4-2)36(43)45-32-27-16-11-21-38-30(27)33(44-31(24-12-7-5-8-13-24)25-14-9-6-10-15-25)29-28(32)34(41)40(35(29)42)22-23-17-19-26(37)20-18-23;32-22-15-13-19(14-16-22)18-34-30(36)24-25(31(34)37)29(26-23(27(24)35)12-7-17-33-26)38-28(20-8-3-1-4-9-20)21-10-5-2-6-11-21/h5-21,31H,3-4,22H2,1-2H3;1-17,28,35H,18H2. The van der Waals surface area contributed by atoms with Crippen LogP contribution in [0.1, 0.15) is 101 Å². The lowest BCUT2D eigenvalue weighted by Crippen LogP contribution is -2.33. The van der Waals surface area contributed by atoms with E-state index in [1.54, 1.807) is 36.7 Å². The number of fused-ring (bicyclic) bond motifs is 4. The number of pyridine rings is 2. The smallest absolute Gasteiger partial charge is 0.415 e. The molecule has 5 amide bonds. The molecular formula is C67H51F2N5O9. The van der Waals surface area contributed by atoms with Gasteiger partial charge in [-0.05, 0) is 95.8 Å². The summed E-state index contributed by atoms with van der Waals surface area (Å²) in [7, 11) is 0. The van der Waals surface area contributed by atoms with Gasteiger partial charge in [-0.3, -0.25) is 38.9 Å². The van der Waals surface area contributed by atoms with Gasteiger partial charge in [-0.15, -0.1) is 0 Å². The van der Waals surface area contributed by atoms with Crippen LogP contribution in [0.25, 0.3) is 21.8 Å². The lowest BCUT2D eigenvalue weighted by Gasteiger charge is -2.24. The summed E-state index contributed by atoms with van der Waals surface area (Å²) in [4.78, 5) is 81.5. The third-order valence-electron chi connectivity index (χ3n) is 14.4. The van der Waals surface area contributed by atoms with Crippen LogP contribution in [0.2, 0.25) is 0 Å². The molecule has 1 N–H and O–H groups in total. The SMILES string of the molecule is CCN(CC)C(=O)Oc1c2c(c(OC(c3ccccc3)c3ccccc3)c3ncccc13)C(=O)N(Cc1ccc(F)cc1)C2=O.O=C1c2c(c(OC(c3ccccc3)c3ccccc3)c3ncccc3c2O)C(=O)N1Cc1ccc(F)cc1. The number of phenols is 1. The lowest BCUT2D eigenvalue weighted by atomic mass is 9.99. The monoisotopic (exact) mass is 1110 g/mol. The highest BCUT2D eigenvalue weighted by atomic mass is 19.1. The van der Waals surface area contributed by atoms with Gasteiger partial charge in [0.1, 0.15) is 57.3 Å². The molecule has 412 valence electrons. The number of hydrogen-bond donors (Lipinski definition) is 1. The Labute approximate surface area is 475 Å². The molecule has 16 heteroatoms. The van der Waals surface area contributed by atoms with Gasteiger partial charge in [-0.1, -0.05) is 146 Å². The first-order chi connectivity index (χ1) is 40.4. The van der Waals surface area contributed by atoms with Gasteiger partial charge in [0, 0.05) is 36.3 Å². The number of halogens is 2. The van der Waals surface area contributed by atoms with Crippen molar-refractivity contribution in [1.82, 2.24) is 24.7 Å². The molecule has 0 unspecified atom stereocenters. The van der Waals surface area contributed by atoms with Gasteiger partial charge in [-0.25, -0.2) is 13.6 Å². The van der Waals surface area contributed by atoms with E-state index in [1.165, 1.54) is 53.4 Å². The molecular weight excluding hydrogens is 1060 g/mol. The van der Waals surface area contributed by atoms with Crippen LogP contribution in [0.3, 0.4) is 0 Å². The predicted octanol–water partition coefficient (Wildman–Crippen LogP) is 13.2. The van der Waals surface area contributed by atoms with Crippen LogP contribution >= 0.6 is 0 Å². The highest BCUT2D eigenvalue weighted by molar-refractivity contribution is 6.28. The van der Waals surface area contributed by atoms with Crippen molar-refractivity contribution in [2.75, 3.05) is 13.1 Å². The Hall–Kier alpha value is -10.6. The Morgan fingerprint density at radius 2 is 0.819 bits per heavy atom. The van der Waals surface area contributed by atoms with Crippen molar-refractivity contribution in [3.8, 4) is 23.0 Å². The second-order valence-electron chi connectivity index (χ2n) is 19.5. The number of hydrogen-bond acceptors (Lipinski definition) is 11. The van der Waals surface area contributed by atoms with Crippen molar-refractivity contribution in [2.45, 2.75) is 39.1 Å². The van der Waals surface area contributed by atoms with Crippen molar-refractivity contribution in [1.29, 1.82) is 0 Å². The molecule has 2 aromatic heterocycles. The highest BCUT2D eigenvalue weighted by Gasteiger charge is 2.45. The molecule has 0 saturated heterocycles. The van der Waals surface area contributed by atoms with Gasteiger partial charge < -0.3 is 24.2 Å². The summed E-state index contributed by atoms with van der Waals surface area (Å²) in [6, 6.07) is 55.8. The molecule has 0 fully saturated rings. The van der Waals surface area contributed by atoms with Crippen molar-refractivity contribution in [3.05, 3.63) is 274 Å². The summed E-state index contributed by atoms with van der Waals surface area (Å²) >= 11 is 0. The minimum Gasteiger partial charge on any atom is -0.506 e. The van der Waals surface area contributed by atoms with Gasteiger partial charge in [0.2, 0.25) is 0 Å². The maximum Gasteiger partial charge on any atom is 0.415 e. The zero-order valence-corrected chi connectivity index (χ0v) is 44.8. The van der Waals surface area contributed by atoms with Gasteiger partial charge >= 0.3 is 6.09 Å². The predicted molar refractivity (Wildman–Crippen MR) is 306 cm³/mol. The van der Waals surface area contributed by atoms with Crippen LogP contribution in [0.5, 0.6) is 23.0 Å². The quantitative estimate of drug-likeness (QED) is 0.0970. The maximum atomic E-state index is 14.3. The third-order valence-corrected chi connectivity index (χ3v) is 14.4. The topological polar surface area (TPSA) is 169 Å². The van der Waals surface area contributed by atoms with E-state index in [4.69, 9.17) is 14.2 Å². The number of amides is 5. The van der Waals surface area contributed by atoms with E-state index in [2.05, 4.69) is 9.97 Å². The van der Waals surface area contributed by atoms with Crippen molar-refractivity contribution >= 4 is 51.5 Å². The molecule has 2 aliphatic heterocycles. The molecule has 0 radical (unpaired) electrons. The van der Waals surface area contributed by atoms with E-state index >= 15 is 0 Å². The zero-order chi connectivity index (χ0) is 57.7. The normalized spacial score (nSPS) is 12.7. The minimum absolute atomic E-state index is 0.0438. The Morgan fingerprint density at radius 1 is 0.470 bits per heavy atom. The lowest BCUT2D eigenvalue weighted by molar-refractivity contribution is 0.0624. The van der Waals surface area contributed by atoms with E-state index in [1.807, 2.05) is 135 Å². The van der Waals surface area contributed by atoms with E-state index in [0.29, 0.717) is 35.0 Å². The fourth-order valence-electron chi connectivity index (χ4n) is 10.3. The van der Waals surface area contributed by atoms with Crippen molar-refractivity contribution in [3.63, 3.8) is 0 Å². The van der Waals surface area contributed by atoms with Crippen molar-refractivity contribution < 1.29 is 52.1 Å². The molecule has 10 aromatic rings. The van der Waals surface area contributed by atoms with Gasteiger partial charge in [-0.2, -0.15) is 0 Å². The molecule has 2 aliphatic rings. The third kappa shape index (κ3) is 10.7. The van der Waals surface area contributed by atoms with Crippen LogP contribution in [-0.2, 0) is 13.1 Å². The molecule has 0 saturated carbocycles. The van der Waals surface area contributed by atoms with Crippen LogP contribution in [0.4, 0.5) is 13.6 Å². The molecule has 0 atom stereocenters. The largest absolute Gasteiger partial charge is 0.506 e. The number of aromatic hydroxyl groups is 1. The summed E-state index contributed by atoms with van der Waals surface area (Å²) < 4.78 is 46.4. The zero-order valence-electron chi connectivity index (χ0n) is 44.8. The first kappa shape index (κ1) is 54.4. The van der Waals surface area contributed by atoms with E-state index < -0.39 is 53.6 Å². The highest BCUT2D eigenvalue weighted by Crippen LogP contribution is 2.48. The first-order valence-electron chi connectivity index (χ1n) is 26.7. The molecule has 0 aliphatic carbocycles. The van der Waals surface area contributed by atoms with Crippen LogP contribution in [0.15, 0.2) is 207 Å². The summed E-state index contributed by atoms with van der Waals surface area (Å²) in [5, 5.41) is 11.8. The van der Waals surface area contributed by atoms with E-state index in [0.717, 1.165) is 32.1 Å². The molecule has 8 aromatic carbocycles. The second kappa shape index (κ2) is 23.6. The number of carbonyl (C=O) groups excluding carboxylic acids is 5. The molecule has 4 heterocycles. The average molecular weight is 1110 g/mol. The summed E-state index contributed by atoms with van der Waals surface area (Å²) in [6.07, 6.45) is 1.14. The number of aromatic nitrogens is 2. The Kier molecular flexibility index (Phi) is 15.5. The fraction of sp³-hybridized carbons (Fsp3) is 0.119. The number of benzene rings is 8. The summed E-state index contributed by atoms with van der Waals surface area (Å²) in [5.41, 5.74) is 4.65. The first-order valence-corrected chi connectivity index (χ1v) is 26.7. The number of ether oxygens (including phenoxy) is 3. The van der Waals surface area contributed by atoms with Crippen LogP contribution in [0, 0.1) is 11.6 Å². The molecule has 0 bridgehead atoms. The van der Waals surface area contributed by atoms with E-state index in [9.17, 15) is 37.9 Å². The second-order valence-corrected chi connectivity index (χ2v) is 19.5. The van der Waals surface area contributed by atoms with Gasteiger partial charge in [0.15, 0.2) is 17.2 Å². The number of phenolic OH excluding ortho intramolecular Hbond substituents is 1. The fourth-order valence-corrected chi connectivity index (χ4v) is 10.3. The van der Waals surface area contributed by atoms with Gasteiger partial charge in [0.05, 0.1) is 18.7 Å². The summed E-state index contributed by atoms with van der Waals surface area (Å²) in [6.45, 7) is 4.19. The molecule has 83 heavy (non-hydrogen) atoms. The minimum atomic E-state index is -0.667. The molecule has 12 rings (SSSR count). The van der Waals surface area contributed by atoms with Gasteiger partial charge in [0.25, 0.3) is 23.6 Å². The molecule has 14 nitrogen and oxygen atoms in total. The van der Waals surface area contributed by atoms with Crippen LogP contribution < -0.4 is 14.2 Å². The Bertz CT molecular complexity index is 4000. The number of carbonyl (C=O) groups is 5. The number of nitrogens with zero attached hydrogens (tertiary/aromatic N) is 5. The average Bonchev–Trinajstić information content (AvgIpc) is 2.82. The maximum absolute atomic E-state index is 14.3. The molecule has 0 spiro atoms. The van der Waals surface area contributed by atoms with Crippen LogP contribution in [-0.4, -0.2) is 72.6 Å².